The van der Waals surface area contributed by atoms with Crippen LogP contribution in [0.4, 0.5) is 5.82 Å². The zero-order chi connectivity index (χ0) is 19.9. The first-order chi connectivity index (χ1) is 13.6. The SMILES string of the molecule is C=CC(=CN=C(C)OC)c1cc(C)c2ncnc(NCCC3CN=NC3)c2c1. The fourth-order valence-corrected chi connectivity index (χ4v) is 3.09. The molecule has 28 heavy (non-hydrogen) atoms. The molecule has 1 aliphatic rings. The normalized spacial score (nSPS) is 15.2. The Morgan fingerprint density at radius 3 is 2.82 bits per heavy atom. The van der Waals surface area contributed by atoms with Gasteiger partial charge in [-0.25, -0.2) is 15.0 Å². The molecule has 0 atom stereocenters. The lowest BCUT2D eigenvalue weighted by Crippen LogP contribution is -2.12. The first-order valence-electron chi connectivity index (χ1n) is 9.36. The summed E-state index contributed by atoms with van der Waals surface area (Å²) in [5.74, 6) is 1.95. The average Bonchev–Trinajstić information content (AvgIpc) is 3.22. The number of fused-ring (bicyclic) bond motifs is 1. The number of nitrogens with zero attached hydrogens (tertiary/aromatic N) is 5. The summed E-state index contributed by atoms with van der Waals surface area (Å²) >= 11 is 0. The maximum atomic E-state index is 5.11. The molecule has 1 N–H and O–H groups in total. The lowest BCUT2D eigenvalue weighted by Gasteiger charge is -2.13. The summed E-state index contributed by atoms with van der Waals surface area (Å²) in [4.78, 5) is 13.2. The van der Waals surface area contributed by atoms with Gasteiger partial charge in [-0.2, -0.15) is 10.2 Å². The van der Waals surface area contributed by atoms with Gasteiger partial charge in [0.05, 0.1) is 25.7 Å². The van der Waals surface area contributed by atoms with E-state index in [0.29, 0.717) is 11.8 Å². The van der Waals surface area contributed by atoms with Gasteiger partial charge in [0.15, 0.2) is 5.90 Å². The lowest BCUT2D eigenvalue weighted by atomic mass is 10.0. The number of rotatable bonds is 7. The van der Waals surface area contributed by atoms with Crippen molar-refractivity contribution in [1.82, 2.24) is 9.97 Å². The number of hydrogen-bond acceptors (Lipinski definition) is 7. The molecule has 1 aliphatic heterocycles. The van der Waals surface area contributed by atoms with Crippen molar-refractivity contribution in [2.24, 2.45) is 21.1 Å². The van der Waals surface area contributed by atoms with E-state index in [-0.39, 0.29) is 0 Å². The molecule has 0 bridgehead atoms. The Labute approximate surface area is 165 Å². The van der Waals surface area contributed by atoms with Gasteiger partial charge in [0.2, 0.25) is 0 Å². The maximum Gasteiger partial charge on any atom is 0.184 e. The van der Waals surface area contributed by atoms with Crippen LogP contribution in [0.5, 0.6) is 0 Å². The van der Waals surface area contributed by atoms with Crippen LogP contribution in [0.1, 0.15) is 24.5 Å². The molecule has 1 aromatic heterocycles. The van der Waals surface area contributed by atoms with Crippen LogP contribution in [0.25, 0.3) is 16.5 Å². The molecule has 0 amide bonds. The third-order valence-corrected chi connectivity index (χ3v) is 4.79. The quantitative estimate of drug-likeness (QED) is 0.439. The van der Waals surface area contributed by atoms with Crippen LogP contribution in [-0.2, 0) is 4.74 Å². The van der Waals surface area contributed by atoms with Gasteiger partial charge in [-0.1, -0.05) is 12.7 Å². The Kier molecular flexibility index (Phi) is 6.47. The molecule has 146 valence electrons. The number of benzene rings is 1. The van der Waals surface area contributed by atoms with E-state index in [1.54, 1.807) is 25.7 Å². The molecule has 7 heteroatoms. The maximum absolute atomic E-state index is 5.11. The highest BCUT2D eigenvalue weighted by atomic mass is 16.5. The smallest absolute Gasteiger partial charge is 0.184 e. The van der Waals surface area contributed by atoms with Gasteiger partial charge in [0, 0.05) is 31.0 Å². The first kappa shape index (κ1) is 19.7. The molecule has 1 aromatic carbocycles. The predicted octanol–water partition coefficient (Wildman–Crippen LogP) is 4.41. The van der Waals surface area contributed by atoms with E-state index in [9.17, 15) is 0 Å². The highest BCUT2D eigenvalue weighted by Crippen LogP contribution is 2.28. The zero-order valence-corrected chi connectivity index (χ0v) is 16.6. The van der Waals surface area contributed by atoms with E-state index in [1.807, 2.05) is 6.92 Å². The molecule has 0 spiro atoms. The predicted molar refractivity (Wildman–Crippen MR) is 114 cm³/mol. The number of allylic oxidation sites excluding steroid dienone is 2. The molecule has 7 nitrogen and oxygen atoms in total. The number of aromatic nitrogens is 2. The van der Waals surface area contributed by atoms with Crippen LogP contribution in [0, 0.1) is 12.8 Å². The Morgan fingerprint density at radius 1 is 1.32 bits per heavy atom. The van der Waals surface area contributed by atoms with Crippen molar-refractivity contribution < 1.29 is 4.74 Å². The van der Waals surface area contributed by atoms with Gasteiger partial charge >= 0.3 is 0 Å². The van der Waals surface area contributed by atoms with E-state index in [4.69, 9.17) is 4.74 Å². The van der Waals surface area contributed by atoms with Crippen molar-refractivity contribution in [3.8, 4) is 0 Å². The second kappa shape index (κ2) is 9.21. The van der Waals surface area contributed by atoms with E-state index < -0.39 is 0 Å². The van der Waals surface area contributed by atoms with Gasteiger partial charge in [-0.15, -0.1) is 0 Å². The standard InChI is InChI=1S/C21H26N6O/c1-5-17(12-23-15(3)28-4)18-8-14(2)20-19(9-18)21(25-13-24-20)22-7-6-16-10-26-27-11-16/h5,8-9,12-13,16H,1,6-7,10-11H2,2-4H3,(H,22,24,25). The molecule has 2 heterocycles. The molecule has 0 fully saturated rings. The minimum atomic E-state index is 0.523. The van der Waals surface area contributed by atoms with Crippen LogP contribution in [0.3, 0.4) is 0 Å². The summed E-state index contributed by atoms with van der Waals surface area (Å²) < 4.78 is 5.11. The van der Waals surface area contributed by atoms with Gasteiger partial charge in [0.1, 0.15) is 12.1 Å². The summed E-state index contributed by atoms with van der Waals surface area (Å²) in [5.41, 5.74) is 3.93. The monoisotopic (exact) mass is 378 g/mol. The van der Waals surface area contributed by atoms with Crippen molar-refractivity contribution in [1.29, 1.82) is 0 Å². The van der Waals surface area contributed by atoms with Crippen molar-refractivity contribution >= 4 is 28.2 Å². The van der Waals surface area contributed by atoms with Crippen molar-refractivity contribution in [2.45, 2.75) is 20.3 Å². The molecule has 0 saturated heterocycles. The Balaban J connectivity index is 1.90. The molecular weight excluding hydrogens is 352 g/mol. The minimum absolute atomic E-state index is 0.523. The van der Waals surface area contributed by atoms with Gasteiger partial charge < -0.3 is 10.1 Å². The van der Waals surface area contributed by atoms with E-state index in [2.05, 4.69) is 56.1 Å². The molecule has 2 aromatic rings. The summed E-state index contributed by atoms with van der Waals surface area (Å²) in [6, 6.07) is 4.17. The van der Waals surface area contributed by atoms with Crippen LogP contribution in [0.15, 0.2) is 52.5 Å². The number of aryl methyl sites for hydroxylation is 1. The van der Waals surface area contributed by atoms with Crippen LogP contribution in [-0.4, -0.2) is 42.6 Å². The second-order valence-electron chi connectivity index (χ2n) is 6.78. The third kappa shape index (κ3) is 4.60. The van der Waals surface area contributed by atoms with Crippen molar-refractivity contribution in [2.75, 3.05) is 32.1 Å². The topological polar surface area (TPSA) is 84.1 Å². The zero-order valence-electron chi connectivity index (χ0n) is 16.6. The second-order valence-corrected chi connectivity index (χ2v) is 6.78. The van der Waals surface area contributed by atoms with E-state index in [0.717, 1.165) is 59.5 Å². The first-order valence-corrected chi connectivity index (χ1v) is 9.36. The van der Waals surface area contributed by atoms with Crippen LogP contribution >= 0.6 is 0 Å². The highest BCUT2D eigenvalue weighted by Gasteiger charge is 2.13. The summed E-state index contributed by atoms with van der Waals surface area (Å²) in [6.45, 7) is 10.3. The summed E-state index contributed by atoms with van der Waals surface area (Å²) in [5, 5.41) is 12.6. The van der Waals surface area contributed by atoms with Gasteiger partial charge in [-0.3, -0.25) is 0 Å². The largest absolute Gasteiger partial charge is 0.484 e. The van der Waals surface area contributed by atoms with E-state index >= 15 is 0 Å². The molecule has 0 radical (unpaired) electrons. The molecule has 3 rings (SSSR count). The number of nitrogens with one attached hydrogen (secondary N) is 1. The minimum Gasteiger partial charge on any atom is -0.484 e. The Bertz CT molecular complexity index is 939. The van der Waals surface area contributed by atoms with Gasteiger partial charge in [0.25, 0.3) is 0 Å². The third-order valence-electron chi connectivity index (χ3n) is 4.79. The lowest BCUT2D eigenvalue weighted by molar-refractivity contribution is 0.400. The fourth-order valence-electron chi connectivity index (χ4n) is 3.09. The van der Waals surface area contributed by atoms with E-state index in [1.165, 1.54) is 0 Å². The molecule has 0 saturated carbocycles. The summed E-state index contributed by atoms with van der Waals surface area (Å²) in [6.07, 6.45) is 6.17. The Hall–Kier alpha value is -3.09. The van der Waals surface area contributed by atoms with Gasteiger partial charge in [-0.05, 0) is 42.2 Å². The molecular formula is C21H26N6O. The number of methoxy groups -OCH3 is 1. The number of azo groups is 1. The molecule has 0 unspecified atom stereocenters. The summed E-state index contributed by atoms with van der Waals surface area (Å²) in [7, 11) is 1.60. The highest BCUT2D eigenvalue weighted by molar-refractivity contribution is 5.94. The number of anilines is 1. The van der Waals surface area contributed by atoms with Crippen molar-refractivity contribution in [3.05, 3.63) is 48.4 Å². The fraction of sp³-hybridized carbons (Fsp3) is 0.381. The van der Waals surface area contributed by atoms with Crippen molar-refractivity contribution in [3.63, 3.8) is 0 Å². The van der Waals surface area contributed by atoms with Crippen LogP contribution < -0.4 is 5.32 Å². The number of ether oxygens (including phenoxy) is 1. The molecule has 0 aliphatic carbocycles. The number of aliphatic imine (C=N–C) groups is 1. The number of hydrogen-bond donors (Lipinski definition) is 1. The average molecular weight is 378 g/mol. The Morgan fingerprint density at radius 2 is 2.11 bits per heavy atom. The van der Waals surface area contributed by atoms with Crippen LogP contribution in [0.2, 0.25) is 0 Å².